The van der Waals surface area contributed by atoms with Gasteiger partial charge in [0.15, 0.2) is 0 Å². The average molecular weight is 594 g/mol. The number of hydrogen-bond donors (Lipinski definition) is 2. The van der Waals surface area contributed by atoms with Gasteiger partial charge in [0.05, 0.1) is 15.1 Å². The van der Waals surface area contributed by atoms with Gasteiger partial charge in [-0.05, 0) is 55.3 Å². The first-order chi connectivity index (χ1) is 16.9. The van der Waals surface area contributed by atoms with E-state index < -0.39 is 54.1 Å². The number of allylic oxidation sites excluding steroid dienone is 1. The molecule has 2 rings (SSSR count). The summed E-state index contributed by atoms with van der Waals surface area (Å²) in [6.45, 7) is 0.932. The van der Waals surface area contributed by atoms with Gasteiger partial charge in [-0.25, -0.2) is 4.39 Å². The number of halogens is 10. The molecule has 0 fully saturated rings. The minimum Gasteiger partial charge on any atom is -0.345 e. The zero-order valence-electron chi connectivity index (χ0n) is 18.9. The van der Waals surface area contributed by atoms with Crippen molar-refractivity contribution in [2.75, 3.05) is 6.54 Å². The fourth-order valence-corrected chi connectivity index (χ4v) is 3.74. The van der Waals surface area contributed by atoms with Crippen LogP contribution in [0.1, 0.15) is 39.9 Å². The van der Waals surface area contributed by atoms with E-state index >= 15 is 0 Å². The molecule has 2 aromatic rings. The lowest BCUT2D eigenvalue weighted by Crippen LogP contribution is -2.47. The van der Waals surface area contributed by atoms with Crippen LogP contribution in [0.15, 0.2) is 36.4 Å². The second kappa shape index (κ2) is 11.9. The van der Waals surface area contributed by atoms with Crippen LogP contribution in [0.25, 0.3) is 5.83 Å². The van der Waals surface area contributed by atoms with Gasteiger partial charge in [-0.3, -0.25) is 9.59 Å². The van der Waals surface area contributed by atoms with Gasteiger partial charge in [-0.1, -0.05) is 40.9 Å². The van der Waals surface area contributed by atoms with Crippen LogP contribution in [0, 0.1) is 6.92 Å². The maximum atomic E-state index is 14.9. The topological polar surface area (TPSA) is 58.2 Å². The van der Waals surface area contributed by atoms with E-state index in [1.54, 1.807) is 5.32 Å². The van der Waals surface area contributed by atoms with E-state index in [1.165, 1.54) is 6.92 Å². The third kappa shape index (κ3) is 8.51. The highest BCUT2D eigenvalue weighted by Gasteiger charge is 2.40. The normalized spacial score (nSPS) is 14.2. The molecule has 0 saturated carbocycles. The Kier molecular flexibility index (Phi) is 9.89. The van der Waals surface area contributed by atoms with Crippen LogP contribution in [-0.4, -0.2) is 36.8 Å². The van der Waals surface area contributed by atoms with E-state index in [2.05, 4.69) is 5.32 Å². The molecule has 0 aliphatic carbocycles. The van der Waals surface area contributed by atoms with Crippen LogP contribution in [0.4, 0.5) is 30.7 Å². The molecule has 0 radical (unpaired) electrons. The Morgan fingerprint density at radius 1 is 1.00 bits per heavy atom. The van der Waals surface area contributed by atoms with Crippen molar-refractivity contribution in [3.05, 3.63) is 73.7 Å². The summed E-state index contributed by atoms with van der Waals surface area (Å²) in [5.41, 5.74) is -0.684. The molecular weight excluding hydrogens is 576 g/mol. The van der Waals surface area contributed by atoms with Crippen molar-refractivity contribution >= 4 is 52.4 Å². The molecule has 37 heavy (non-hydrogen) atoms. The second-order valence-corrected chi connectivity index (χ2v) is 9.08. The standard InChI is InChI=1S/C23H18Cl3F7N2O2/c1-10-5-12(3-4-14(10)21(37)35-11(2)20(36)34-9-22(28,29)30)18(27)8-15(23(31,32)33)13-6-16(24)19(26)17(25)7-13/h3-8,11,15H,9H2,1-2H3,(H,34,36)(H,35,37)/b18-8-. The van der Waals surface area contributed by atoms with Crippen LogP contribution < -0.4 is 10.6 Å². The number of hydrogen-bond acceptors (Lipinski definition) is 2. The molecule has 0 saturated heterocycles. The van der Waals surface area contributed by atoms with E-state index in [-0.39, 0.29) is 31.8 Å². The van der Waals surface area contributed by atoms with Crippen LogP contribution in [-0.2, 0) is 4.79 Å². The predicted octanol–water partition coefficient (Wildman–Crippen LogP) is 7.41. The van der Waals surface area contributed by atoms with Gasteiger partial charge < -0.3 is 10.6 Å². The third-order valence-electron chi connectivity index (χ3n) is 4.98. The van der Waals surface area contributed by atoms with Crippen LogP contribution in [0.5, 0.6) is 0 Å². The number of amides is 2. The first kappa shape index (κ1) is 30.7. The lowest BCUT2D eigenvalue weighted by molar-refractivity contribution is -0.139. The number of carbonyl (C=O) groups excluding carboxylic acids is 2. The van der Waals surface area contributed by atoms with Crippen molar-refractivity contribution in [1.82, 2.24) is 10.6 Å². The van der Waals surface area contributed by atoms with Gasteiger partial charge in [-0.15, -0.1) is 0 Å². The summed E-state index contributed by atoms with van der Waals surface area (Å²) in [7, 11) is 0. The van der Waals surface area contributed by atoms with Crippen LogP contribution in [0.2, 0.25) is 15.1 Å². The minimum atomic E-state index is -4.92. The lowest BCUT2D eigenvalue weighted by Gasteiger charge is -2.19. The number of benzene rings is 2. The lowest BCUT2D eigenvalue weighted by atomic mass is 9.95. The van der Waals surface area contributed by atoms with Gasteiger partial charge >= 0.3 is 12.4 Å². The second-order valence-electron chi connectivity index (χ2n) is 7.89. The van der Waals surface area contributed by atoms with E-state index in [4.69, 9.17) is 34.8 Å². The fraction of sp³-hybridized carbons (Fsp3) is 0.304. The molecule has 202 valence electrons. The largest absolute Gasteiger partial charge is 0.405 e. The zero-order valence-corrected chi connectivity index (χ0v) is 21.2. The molecule has 2 amide bonds. The summed E-state index contributed by atoms with van der Waals surface area (Å²) in [5, 5.41) is 3.16. The Morgan fingerprint density at radius 3 is 2.05 bits per heavy atom. The molecule has 0 aromatic heterocycles. The van der Waals surface area contributed by atoms with Crippen molar-refractivity contribution in [3.8, 4) is 0 Å². The first-order valence-corrected chi connectivity index (χ1v) is 11.4. The maximum absolute atomic E-state index is 14.9. The SMILES string of the molecule is Cc1cc(/C(F)=C/C(c2cc(Cl)c(Cl)c(Cl)c2)C(F)(F)F)ccc1C(=O)NC(C)C(=O)NCC(F)(F)F. The molecular formula is C23H18Cl3F7N2O2. The molecule has 0 spiro atoms. The van der Waals surface area contributed by atoms with E-state index in [9.17, 15) is 40.3 Å². The molecule has 2 atom stereocenters. The molecule has 4 nitrogen and oxygen atoms in total. The van der Waals surface area contributed by atoms with Crippen molar-refractivity contribution in [1.29, 1.82) is 0 Å². The minimum absolute atomic E-state index is 0.0735. The number of rotatable bonds is 7. The first-order valence-electron chi connectivity index (χ1n) is 10.3. The summed E-state index contributed by atoms with van der Waals surface area (Å²) >= 11 is 17.4. The molecule has 2 N–H and O–H groups in total. The average Bonchev–Trinajstić information content (AvgIpc) is 2.77. The Morgan fingerprint density at radius 2 is 1.57 bits per heavy atom. The molecule has 14 heteroatoms. The highest BCUT2D eigenvalue weighted by atomic mass is 35.5. The molecule has 0 bridgehead atoms. The van der Waals surface area contributed by atoms with Crippen LogP contribution in [0.3, 0.4) is 0 Å². The van der Waals surface area contributed by atoms with Gasteiger partial charge in [0.25, 0.3) is 5.91 Å². The summed E-state index contributed by atoms with van der Waals surface area (Å²) < 4.78 is 92.8. The summed E-state index contributed by atoms with van der Waals surface area (Å²) in [4.78, 5) is 24.2. The quantitative estimate of drug-likeness (QED) is 0.260. The van der Waals surface area contributed by atoms with Crippen molar-refractivity contribution in [3.63, 3.8) is 0 Å². The maximum Gasteiger partial charge on any atom is 0.405 e. The smallest absolute Gasteiger partial charge is 0.345 e. The fourth-order valence-electron chi connectivity index (χ4n) is 3.12. The van der Waals surface area contributed by atoms with Crippen molar-refractivity contribution in [2.45, 2.75) is 38.2 Å². The third-order valence-corrected chi connectivity index (χ3v) is 6.18. The number of alkyl halides is 6. The summed E-state index contributed by atoms with van der Waals surface area (Å²) in [6, 6.07) is 3.75. The highest BCUT2D eigenvalue weighted by molar-refractivity contribution is 6.48. The van der Waals surface area contributed by atoms with Gasteiger partial charge in [0.1, 0.15) is 24.3 Å². The molecule has 0 aliphatic heterocycles. The van der Waals surface area contributed by atoms with Crippen LogP contribution >= 0.6 is 34.8 Å². The molecule has 2 aromatic carbocycles. The molecule has 0 aliphatic rings. The zero-order chi connectivity index (χ0) is 28.3. The Hall–Kier alpha value is -2.50. The Balaban J connectivity index is 2.27. The van der Waals surface area contributed by atoms with Crippen molar-refractivity contribution in [2.24, 2.45) is 0 Å². The Labute approximate surface area is 221 Å². The Bertz CT molecular complexity index is 1190. The highest BCUT2D eigenvalue weighted by Crippen LogP contribution is 2.42. The summed E-state index contributed by atoms with van der Waals surface area (Å²) in [5.74, 6) is -5.64. The molecule has 0 heterocycles. The predicted molar refractivity (Wildman–Crippen MR) is 127 cm³/mol. The van der Waals surface area contributed by atoms with E-state index in [0.717, 1.165) is 37.3 Å². The summed E-state index contributed by atoms with van der Waals surface area (Å²) in [6.07, 6.45) is -9.24. The van der Waals surface area contributed by atoms with E-state index in [0.29, 0.717) is 6.08 Å². The number of aryl methyl sites for hydroxylation is 1. The number of carbonyl (C=O) groups is 2. The number of nitrogens with one attached hydrogen (secondary N) is 2. The van der Waals surface area contributed by atoms with Crippen molar-refractivity contribution < 1.29 is 40.3 Å². The van der Waals surface area contributed by atoms with Gasteiger partial charge in [0, 0.05) is 11.1 Å². The molecule has 2 unspecified atom stereocenters. The monoisotopic (exact) mass is 592 g/mol. The van der Waals surface area contributed by atoms with E-state index in [1.807, 2.05) is 0 Å². The van der Waals surface area contributed by atoms with Gasteiger partial charge in [0.2, 0.25) is 5.91 Å². The van der Waals surface area contributed by atoms with Gasteiger partial charge in [-0.2, -0.15) is 26.3 Å².